The summed E-state index contributed by atoms with van der Waals surface area (Å²) in [6, 6.07) is 3.65. The van der Waals surface area contributed by atoms with Gasteiger partial charge in [-0.2, -0.15) is 0 Å². The maximum Gasteiger partial charge on any atom is 0.328 e. The minimum Gasteiger partial charge on any atom is -0.478 e. The molecule has 0 aliphatic heterocycles. The van der Waals surface area contributed by atoms with E-state index in [1.165, 1.54) is 25.1 Å². The summed E-state index contributed by atoms with van der Waals surface area (Å²) in [6.45, 7) is 0. The molecule has 0 bridgehead atoms. The fraction of sp³-hybridized carbons (Fsp3) is 0.400. The second kappa shape index (κ2) is 6.32. The third-order valence-electron chi connectivity index (χ3n) is 3.62. The first-order valence-electron chi connectivity index (χ1n) is 6.72. The molecule has 5 nitrogen and oxygen atoms in total. The zero-order chi connectivity index (χ0) is 14.5. The van der Waals surface area contributed by atoms with Crippen molar-refractivity contribution in [1.29, 1.82) is 0 Å². The topological polar surface area (TPSA) is 70.5 Å². The average Bonchev–Trinajstić information content (AvgIpc) is 2.98. The Balaban J connectivity index is 2.05. The number of carboxylic acid groups (broad SMARTS) is 1. The summed E-state index contributed by atoms with van der Waals surface area (Å²) < 4.78 is 0. The predicted octanol–water partition coefficient (Wildman–Crippen LogP) is 2.19. The standard InChI is InChI=1S/C15H18N2O3/c1-17(12-4-2-3-5-12)15(20)13-8-6-11(10-16-13)7-9-14(18)19/h6-10,12H,2-5H2,1H3,(H,18,19). The lowest BCUT2D eigenvalue weighted by Gasteiger charge is -2.23. The van der Waals surface area contributed by atoms with Crippen LogP contribution in [0.1, 0.15) is 41.7 Å². The quantitative estimate of drug-likeness (QED) is 0.854. The van der Waals surface area contributed by atoms with Crippen molar-refractivity contribution in [1.82, 2.24) is 9.88 Å². The molecule has 1 aromatic rings. The summed E-state index contributed by atoms with van der Waals surface area (Å²) >= 11 is 0. The van der Waals surface area contributed by atoms with Crippen LogP contribution in [0.5, 0.6) is 0 Å². The van der Waals surface area contributed by atoms with E-state index >= 15 is 0 Å². The summed E-state index contributed by atoms with van der Waals surface area (Å²) in [5, 5.41) is 8.54. The van der Waals surface area contributed by atoms with Gasteiger partial charge in [0.15, 0.2) is 0 Å². The molecule has 0 unspecified atom stereocenters. The van der Waals surface area contributed by atoms with E-state index in [1.807, 2.05) is 7.05 Å². The minimum atomic E-state index is -1.01. The Labute approximate surface area is 117 Å². The van der Waals surface area contributed by atoms with Gasteiger partial charge in [-0.05, 0) is 30.5 Å². The molecule has 1 N–H and O–H groups in total. The molecule has 106 valence electrons. The van der Waals surface area contributed by atoms with Gasteiger partial charge in [-0.15, -0.1) is 0 Å². The average molecular weight is 274 g/mol. The molecular weight excluding hydrogens is 256 g/mol. The molecule has 1 saturated carbocycles. The Kier molecular flexibility index (Phi) is 4.50. The van der Waals surface area contributed by atoms with Gasteiger partial charge in [-0.25, -0.2) is 4.79 Å². The molecule has 0 radical (unpaired) electrons. The number of aliphatic carboxylic acids is 1. The number of aromatic nitrogens is 1. The molecule has 1 aliphatic rings. The highest BCUT2D eigenvalue weighted by Gasteiger charge is 2.24. The number of hydrogen-bond donors (Lipinski definition) is 1. The summed E-state index contributed by atoms with van der Waals surface area (Å²) in [5.41, 5.74) is 1.05. The predicted molar refractivity (Wildman–Crippen MR) is 75.3 cm³/mol. The van der Waals surface area contributed by atoms with Gasteiger partial charge >= 0.3 is 5.97 Å². The van der Waals surface area contributed by atoms with Crippen molar-refractivity contribution in [3.8, 4) is 0 Å². The van der Waals surface area contributed by atoms with Crippen molar-refractivity contribution in [2.75, 3.05) is 7.05 Å². The van der Waals surface area contributed by atoms with Crippen molar-refractivity contribution < 1.29 is 14.7 Å². The second-order valence-electron chi connectivity index (χ2n) is 5.00. The molecular formula is C15H18N2O3. The van der Waals surface area contributed by atoms with Gasteiger partial charge in [0.2, 0.25) is 0 Å². The van der Waals surface area contributed by atoms with Crippen LogP contribution in [0, 0.1) is 0 Å². The molecule has 1 amide bonds. The van der Waals surface area contributed by atoms with E-state index in [1.54, 1.807) is 17.0 Å². The number of hydrogen-bond acceptors (Lipinski definition) is 3. The van der Waals surface area contributed by atoms with Gasteiger partial charge in [0, 0.05) is 25.4 Å². The molecule has 0 atom stereocenters. The Hall–Kier alpha value is -2.17. The number of carbonyl (C=O) groups is 2. The highest BCUT2D eigenvalue weighted by molar-refractivity contribution is 5.92. The van der Waals surface area contributed by atoms with Crippen molar-refractivity contribution in [3.63, 3.8) is 0 Å². The van der Waals surface area contributed by atoms with Crippen LogP contribution in [0.3, 0.4) is 0 Å². The largest absolute Gasteiger partial charge is 0.478 e. The number of rotatable bonds is 4. The van der Waals surface area contributed by atoms with Crippen molar-refractivity contribution in [2.45, 2.75) is 31.7 Å². The molecule has 0 aromatic carbocycles. The smallest absolute Gasteiger partial charge is 0.328 e. The molecule has 20 heavy (non-hydrogen) atoms. The summed E-state index contributed by atoms with van der Waals surface area (Å²) in [4.78, 5) is 28.6. The maximum atomic E-state index is 12.3. The molecule has 0 saturated heterocycles. The third-order valence-corrected chi connectivity index (χ3v) is 3.62. The van der Waals surface area contributed by atoms with E-state index in [0.717, 1.165) is 18.9 Å². The monoisotopic (exact) mass is 274 g/mol. The van der Waals surface area contributed by atoms with Crippen LogP contribution in [0.4, 0.5) is 0 Å². The van der Waals surface area contributed by atoms with Crippen LogP contribution in [0.15, 0.2) is 24.4 Å². The van der Waals surface area contributed by atoms with E-state index in [9.17, 15) is 9.59 Å². The number of carbonyl (C=O) groups excluding carboxylic acids is 1. The van der Waals surface area contributed by atoms with Gasteiger partial charge in [0.05, 0.1) is 0 Å². The molecule has 0 spiro atoms. The number of pyridine rings is 1. The van der Waals surface area contributed by atoms with Gasteiger partial charge < -0.3 is 10.0 Å². The zero-order valence-corrected chi connectivity index (χ0v) is 11.5. The minimum absolute atomic E-state index is 0.0781. The van der Waals surface area contributed by atoms with E-state index in [4.69, 9.17) is 5.11 Å². The van der Waals surface area contributed by atoms with Crippen molar-refractivity contribution >= 4 is 18.0 Å². The van der Waals surface area contributed by atoms with Gasteiger partial charge in [0.1, 0.15) is 5.69 Å². The van der Waals surface area contributed by atoms with E-state index < -0.39 is 5.97 Å². The lowest BCUT2D eigenvalue weighted by atomic mass is 10.2. The number of nitrogens with zero attached hydrogens (tertiary/aromatic N) is 2. The van der Waals surface area contributed by atoms with Crippen LogP contribution < -0.4 is 0 Å². The Morgan fingerprint density at radius 3 is 2.60 bits per heavy atom. The van der Waals surface area contributed by atoms with Gasteiger partial charge in [0.25, 0.3) is 5.91 Å². The second-order valence-corrected chi connectivity index (χ2v) is 5.00. The fourth-order valence-electron chi connectivity index (χ4n) is 2.44. The molecule has 2 rings (SSSR count). The first kappa shape index (κ1) is 14.2. The maximum absolute atomic E-state index is 12.3. The van der Waals surface area contributed by atoms with Gasteiger partial charge in [-0.1, -0.05) is 18.9 Å². The fourth-order valence-corrected chi connectivity index (χ4v) is 2.44. The SMILES string of the molecule is CN(C(=O)c1ccc(C=CC(=O)O)cn1)C1CCCC1. The molecule has 5 heteroatoms. The third kappa shape index (κ3) is 3.44. The normalized spacial score (nSPS) is 15.7. The van der Waals surface area contributed by atoms with Gasteiger partial charge in [-0.3, -0.25) is 9.78 Å². The molecule has 1 aliphatic carbocycles. The lowest BCUT2D eigenvalue weighted by Crippen LogP contribution is -2.35. The van der Waals surface area contributed by atoms with Crippen LogP contribution in [0.25, 0.3) is 6.08 Å². The van der Waals surface area contributed by atoms with E-state index in [2.05, 4.69) is 4.98 Å². The highest BCUT2D eigenvalue weighted by Crippen LogP contribution is 2.23. The van der Waals surface area contributed by atoms with E-state index in [0.29, 0.717) is 17.3 Å². The highest BCUT2D eigenvalue weighted by atomic mass is 16.4. The van der Waals surface area contributed by atoms with Crippen molar-refractivity contribution in [2.24, 2.45) is 0 Å². The Morgan fingerprint density at radius 1 is 1.35 bits per heavy atom. The first-order chi connectivity index (χ1) is 9.58. The first-order valence-corrected chi connectivity index (χ1v) is 6.72. The van der Waals surface area contributed by atoms with E-state index in [-0.39, 0.29) is 5.91 Å². The van der Waals surface area contributed by atoms with Crippen molar-refractivity contribution in [3.05, 3.63) is 35.7 Å². The van der Waals surface area contributed by atoms with Crippen LogP contribution in [0.2, 0.25) is 0 Å². The Bertz CT molecular complexity index is 516. The van der Waals surface area contributed by atoms with Crippen LogP contribution in [-0.4, -0.2) is 40.0 Å². The molecule has 1 heterocycles. The Morgan fingerprint density at radius 2 is 2.05 bits per heavy atom. The van der Waals surface area contributed by atoms with Crippen LogP contribution in [-0.2, 0) is 4.79 Å². The molecule has 1 aromatic heterocycles. The summed E-state index contributed by atoms with van der Waals surface area (Å²) in [5.74, 6) is -1.09. The van der Waals surface area contributed by atoms with Crippen LogP contribution >= 0.6 is 0 Å². The lowest BCUT2D eigenvalue weighted by molar-refractivity contribution is -0.131. The zero-order valence-electron chi connectivity index (χ0n) is 11.5. The summed E-state index contributed by atoms with van der Waals surface area (Å²) in [6.07, 6.45) is 8.47. The molecule has 1 fully saturated rings. The number of amides is 1. The number of carboxylic acids is 1. The summed E-state index contributed by atoms with van der Waals surface area (Å²) in [7, 11) is 1.82.